The van der Waals surface area contributed by atoms with Gasteiger partial charge >= 0.3 is 5.97 Å². The van der Waals surface area contributed by atoms with E-state index < -0.39 is 12.0 Å². The summed E-state index contributed by atoms with van der Waals surface area (Å²) in [5.74, 6) is -0.771. The zero-order valence-electron chi connectivity index (χ0n) is 9.70. The van der Waals surface area contributed by atoms with Gasteiger partial charge in [-0.25, -0.2) is 4.79 Å². The van der Waals surface area contributed by atoms with E-state index in [0.29, 0.717) is 11.4 Å². The zero-order valence-corrected chi connectivity index (χ0v) is 10.5. The fourth-order valence-corrected chi connectivity index (χ4v) is 1.68. The van der Waals surface area contributed by atoms with Gasteiger partial charge in [-0.1, -0.05) is 29.8 Å². The van der Waals surface area contributed by atoms with Gasteiger partial charge in [-0.05, 0) is 11.6 Å². The molecular weight excluding hydrogens is 242 g/mol. The Bertz CT molecular complexity index is 420. The van der Waals surface area contributed by atoms with Crippen molar-refractivity contribution in [3.63, 3.8) is 0 Å². The summed E-state index contributed by atoms with van der Waals surface area (Å²) in [5.41, 5.74) is 0.790. The molecule has 92 valence electrons. The fourth-order valence-electron chi connectivity index (χ4n) is 1.46. The molecule has 4 nitrogen and oxygen atoms in total. The van der Waals surface area contributed by atoms with E-state index in [9.17, 15) is 9.59 Å². The Labute approximate surface area is 105 Å². The minimum Gasteiger partial charge on any atom is -0.467 e. The summed E-state index contributed by atoms with van der Waals surface area (Å²) >= 11 is 5.99. The molecule has 0 heterocycles. The number of halogens is 1. The predicted molar refractivity (Wildman–Crippen MR) is 64.8 cm³/mol. The van der Waals surface area contributed by atoms with Crippen LogP contribution in [0.4, 0.5) is 0 Å². The lowest BCUT2D eigenvalue weighted by Crippen LogP contribution is -2.42. The first kappa shape index (κ1) is 13.5. The summed E-state index contributed by atoms with van der Waals surface area (Å²) in [6.07, 6.45) is 0.311. The Kier molecular flexibility index (Phi) is 4.97. The Balaban J connectivity index is 2.82. The molecule has 17 heavy (non-hydrogen) atoms. The van der Waals surface area contributed by atoms with Gasteiger partial charge in [-0.3, -0.25) is 4.79 Å². The highest BCUT2D eigenvalue weighted by atomic mass is 35.5. The second-order valence-electron chi connectivity index (χ2n) is 3.57. The average molecular weight is 256 g/mol. The van der Waals surface area contributed by atoms with Crippen LogP contribution in [-0.2, 0) is 20.7 Å². The molecule has 0 saturated carbocycles. The topological polar surface area (TPSA) is 55.4 Å². The maximum Gasteiger partial charge on any atom is 0.328 e. The molecule has 0 spiro atoms. The third kappa shape index (κ3) is 4.07. The van der Waals surface area contributed by atoms with Gasteiger partial charge in [-0.15, -0.1) is 0 Å². The van der Waals surface area contributed by atoms with Crippen LogP contribution in [-0.4, -0.2) is 25.0 Å². The summed E-state index contributed by atoms with van der Waals surface area (Å²) in [5, 5.41) is 3.10. The van der Waals surface area contributed by atoms with E-state index in [-0.39, 0.29) is 5.91 Å². The van der Waals surface area contributed by atoms with Gasteiger partial charge in [0.25, 0.3) is 0 Å². The van der Waals surface area contributed by atoms with Crippen molar-refractivity contribution in [1.82, 2.24) is 5.32 Å². The molecule has 1 atom stereocenters. The van der Waals surface area contributed by atoms with E-state index in [0.717, 1.165) is 5.56 Å². The number of nitrogens with one attached hydrogen (secondary N) is 1. The highest BCUT2D eigenvalue weighted by Crippen LogP contribution is 2.17. The minimum absolute atomic E-state index is 0.285. The molecule has 0 fully saturated rings. The van der Waals surface area contributed by atoms with Gasteiger partial charge < -0.3 is 10.1 Å². The number of hydrogen-bond acceptors (Lipinski definition) is 3. The van der Waals surface area contributed by atoms with Gasteiger partial charge in [0.2, 0.25) is 5.91 Å². The molecule has 1 aromatic carbocycles. The van der Waals surface area contributed by atoms with Crippen LogP contribution in [0.5, 0.6) is 0 Å². The van der Waals surface area contributed by atoms with E-state index in [4.69, 9.17) is 11.6 Å². The van der Waals surface area contributed by atoms with Crippen molar-refractivity contribution in [2.45, 2.75) is 19.4 Å². The van der Waals surface area contributed by atoms with Crippen molar-refractivity contribution in [3.8, 4) is 0 Å². The standard InChI is InChI=1S/C12H14ClNO3/c1-8(15)14-11(12(16)17-2)7-9-5-3-4-6-10(9)13/h3-6,11H,7H2,1-2H3,(H,14,15). The molecule has 0 aliphatic rings. The minimum atomic E-state index is -0.711. The molecule has 0 saturated heterocycles. The first-order chi connectivity index (χ1) is 8.04. The summed E-state index contributed by atoms with van der Waals surface area (Å²) < 4.78 is 4.63. The molecule has 0 bridgehead atoms. The van der Waals surface area contributed by atoms with E-state index in [1.807, 2.05) is 6.07 Å². The first-order valence-corrected chi connectivity index (χ1v) is 5.50. The molecule has 1 N–H and O–H groups in total. The summed E-state index contributed by atoms with van der Waals surface area (Å²) in [4.78, 5) is 22.5. The quantitative estimate of drug-likeness (QED) is 0.831. The van der Waals surface area contributed by atoms with Crippen molar-refractivity contribution >= 4 is 23.5 Å². The largest absolute Gasteiger partial charge is 0.467 e. The van der Waals surface area contributed by atoms with Gasteiger partial charge in [0.15, 0.2) is 0 Å². The van der Waals surface area contributed by atoms with Crippen molar-refractivity contribution in [2.75, 3.05) is 7.11 Å². The van der Waals surface area contributed by atoms with Gasteiger partial charge in [0, 0.05) is 18.4 Å². The highest BCUT2D eigenvalue weighted by molar-refractivity contribution is 6.31. The lowest BCUT2D eigenvalue weighted by molar-refractivity contribution is -0.144. The average Bonchev–Trinajstić information content (AvgIpc) is 2.29. The summed E-state index contributed by atoms with van der Waals surface area (Å²) in [7, 11) is 1.28. The van der Waals surface area contributed by atoms with Crippen LogP contribution in [0, 0.1) is 0 Å². The molecule has 0 aliphatic carbocycles. The molecule has 1 unspecified atom stereocenters. The van der Waals surface area contributed by atoms with Crippen molar-refractivity contribution in [1.29, 1.82) is 0 Å². The third-order valence-electron chi connectivity index (χ3n) is 2.25. The van der Waals surface area contributed by atoms with Crippen LogP contribution in [0.15, 0.2) is 24.3 Å². The van der Waals surface area contributed by atoms with Gasteiger partial charge in [-0.2, -0.15) is 0 Å². The first-order valence-electron chi connectivity index (χ1n) is 5.13. The number of carbonyl (C=O) groups is 2. The Morgan fingerprint density at radius 3 is 2.59 bits per heavy atom. The monoisotopic (exact) mass is 255 g/mol. The number of hydrogen-bond donors (Lipinski definition) is 1. The molecule has 0 radical (unpaired) electrons. The van der Waals surface area contributed by atoms with E-state index in [1.165, 1.54) is 14.0 Å². The number of ether oxygens (including phenoxy) is 1. The van der Waals surface area contributed by atoms with E-state index in [2.05, 4.69) is 10.1 Å². The van der Waals surface area contributed by atoms with Crippen LogP contribution in [0.3, 0.4) is 0 Å². The molecular formula is C12H14ClNO3. The van der Waals surface area contributed by atoms with Crippen molar-refractivity contribution < 1.29 is 14.3 Å². The number of rotatable bonds is 4. The number of carbonyl (C=O) groups excluding carboxylic acids is 2. The maximum absolute atomic E-state index is 11.5. The molecule has 1 rings (SSSR count). The predicted octanol–water partition coefficient (Wildman–Crippen LogP) is 1.56. The fraction of sp³-hybridized carbons (Fsp3) is 0.333. The highest BCUT2D eigenvalue weighted by Gasteiger charge is 2.21. The summed E-state index contributed by atoms with van der Waals surface area (Å²) in [6, 6.07) is 6.46. The molecule has 0 aliphatic heterocycles. The number of methoxy groups -OCH3 is 1. The van der Waals surface area contributed by atoms with Crippen LogP contribution >= 0.6 is 11.6 Å². The van der Waals surface area contributed by atoms with Crippen LogP contribution in [0.25, 0.3) is 0 Å². The molecule has 1 aromatic rings. The lowest BCUT2D eigenvalue weighted by Gasteiger charge is -2.16. The van der Waals surface area contributed by atoms with Crippen LogP contribution in [0.1, 0.15) is 12.5 Å². The summed E-state index contributed by atoms with van der Waals surface area (Å²) in [6.45, 7) is 1.35. The number of amides is 1. The molecule has 1 amide bonds. The van der Waals surface area contributed by atoms with Gasteiger partial charge in [0.05, 0.1) is 7.11 Å². The second-order valence-corrected chi connectivity index (χ2v) is 3.98. The van der Waals surface area contributed by atoms with Crippen molar-refractivity contribution in [3.05, 3.63) is 34.9 Å². The SMILES string of the molecule is COC(=O)C(Cc1ccccc1Cl)NC(C)=O. The normalized spacial score (nSPS) is 11.7. The number of benzene rings is 1. The van der Waals surface area contributed by atoms with Crippen LogP contribution in [0.2, 0.25) is 5.02 Å². The zero-order chi connectivity index (χ0) is 12.8. The van der Waals surface area contributed by atoms with E-state index >= 15 is 0 Å². The molecule has 0 aromatic heterocycles. The van der Waals surface area contributed by atoms with Crippen LogP contribution < -0.4 is 5.32 Å². The molecule has 5 heteroatoms. The third-order valence-corrected chi connectivity index (χ3v) is 2.61. The van der Waals surface area contributed by atoms with Crippen molar-refractivity contribution in [2.24, 2.45) is 0 Å². The maximum atomic E-state index is 11.5. The second kappa shape index (κ2) is 6.25. The Morgan fingerprint density at radius 1 is 1.41 bits per heavy atom. The Hall–Kier alpha value is -1.55. The smallest absolute Gasteiger partial charge is 0.328 e. The van der Waals surface area contributed by atoms with Gasteiger partial charge in [0.1, 0.15) is 6.04 Å². The van der Waals surface area contributed by atoms with E-state index in [1.54, 1.807) is 18.2 Å². The number of esters is 1. The Morgan fingerprint density at radius 2 is 2.06 bits per heavy atom. The lowest BCUT2D eigenvalue weighted by atomic mass is 10.1.